The largest absolute Gasteiger partial charge is 0.391 e. The molecule has 0 bridgehead atoms. The standard InChI is InChI=1S/C15H23NO3/c1-3-19-10-9-15(18)16-12(2)14(17)11-13-7-5-4-6-8-13/h4-8,12,14,17H,3,9-11H2,1-2H3,(H,16,18). The lowest BCUT2D eigenvalue weighted by Gasteiger charge is -2.20. The number of hydrogen-bond donors (Lipinski definition) is 2. The van der Waals surface area contributed by atoms with Crippen LogP contribution in [0.4, 0.5) is 0 Å². The predicted octanol–water partition coefficient (Wildman–Crippen LogP) is 1.52. The number of benzene rings is 1. The minimum absolute atomic E-state index is 0.0898. The van der Waals surface area contributed by atoms with E-state index < -0.39 is 6.10 Å². The summed E-state index contributed by atoms with van der Waals surface area (Å²) < 4.78 is 5.12. The summed E-state index contributed by atoms with van der Waals surface area (Å²) in [6, 6.07) is 9.48. The molecule has 0 saturated carbocycles. The fourth-order valence-electron chi connectivity index (χ4n) is 1.76. The number of ether oxygens (including phenoxy) is 1. The van der Waals surface area contributed by atoms with Crippen LogP contribution in [0.2, 0.25) is 0 Å². The third kappa shape index (κ3) is 6.36. The van der Waals surface area contributed by atoms with Gasteiger partial charge < -0.3 is 15.2 Å². The van der Waals surface area contributed by atoms with Gasteiger partial charge in [-0.25, -0.2) is 0 Å². The Morgan fingerprint density at radius 2 is 2.05 bits per heavy atom. The summed E-state index contributed by atoms with van der Waals surface area (Å²) in [5.74, 6) is -0.0898. The zero-order chi connectivity index (χ0) is 14.1. The van der Waals surface area contributed by atoms with Gasteiger partial charge in [0, 0.05) is 19.4 Å². The van der Waals surface area contributed by atoms with Gasteiger partial charge in [-0.15, -0.1) is 0 Å². The van der Waals surface area contributed by atoms with Crippen LogP contribution in [0.5, 0.6) is 0 Å². The highest BCUT2D eigenvalue weighted by Gasteiger charge is 2.16. The van der Waals surface area contributed by atoms with Crippen LogP contribution in [0, 0.1) is 0 Å². The zero-order valence-corrected chi connectivity index (χ0v) is 11.6. The average Bonchev–Trinajstić information content (AvgIpc) is 2.40. The summed E-state index contributed by atoms with van der Waals surface area (Å²) >= 11 is 0. The molecule has 2 unspecified atom stereocenters. The number of nitrogens with one attached hydrogen (secondary N) is 1. The second-order valence-corrected chi connectivity index (χ2v) is 4.56. The average molecular weight is 265 g/mol. The molecule has 0 aliphatic rings. The van der Waals surface area contributed by atoms with Crippen molar-refractivity contribution in [3.63, 3.8) is 0 Å². The Morgan fingerprint density at radius 1 is 1.37 bits per heavy atom. The topological polar surface area (TPSA) is 58.6 Å². The molecule has 4 heteroatoms. The van der Waals surface area contributed by atoms with Crippen molar-refractivity contribution in [1.82, 2.24) is 5.32 Å². The maximum absolute atomic E-state index is 11.6. The maximum atomic E-state index is 11.6. The summed E-state index contributed by atoms with van der Waals surface area (Å²) in [4.78, 5) is 11.6. The highest BCUT2D eigenvalue weighted by molar-refractivity contribution is 5.76. The molecule has 1 amide bonds. The molecule has 2 atom stereocenters. The third-order valence-electron chi connectivity index (χ3n) is 2.93. The Bertz CT molecular complexity index is 367. The molecule has 0 saturated heterocycles. The highest BCUT2D eigenvalue weighted by Crippen LogP contribution is 2.06. The molecule has 2 N–H and O–H groups in total. The van der Waals surface area contributed by atoms with Gasteiger partial charge >= 0.3 is 0 Å². The summed E-state index contributed by atoms with van der Waals surface area (Å²) in [7, 11) is 0. The van der Waals surface area contributed by atoms with E-state index in [9.17, 15) is 9.90 Å². The predicted molar refractivity (Wildman–Crippen MR) is 74.9 cm³/mol. The summed E-state index contributed by atoms with van der Waals surface area (Å²) in [5, 5.41) is 12.8. The Morgan fingerprint density at radius 3 is 2.68 bits per heavy atom. The van der Waals surface area contributed by atoms with Crippen LogP contribution < -0.4 is 5.32 Å². The normalized spacial score (nSPS) is 13.8. The number of carbonyl (C=O) groups excluding carboxylic acids is 1. The Hall–Kier alpha value is -1.39. The SMILES string of the molecule is CCOCCC(=O)NC(C)C(O)Cc1ccccc1. The summed E-state index contributed by atoms with van der Waals surface area (Å²) in [5.41, 5.74) is 1.06. The van der Waals surface area contributed by atoms with E-state index in [0.29, 0.717) is 26.1 Å². The van der Waals surface area contributed by atoms with E-state index in [4.69, 9.17) is 4.74 Å². The first-order chi connectivity index (χ1) is 9.13. The molecule has 106 valence electrons. The summed E-state index contributed by atoms with van der Waals surface area (Å²) in [6.07, 6.45) is 0.280. The number of carbonyl (C=O) groups is 1. The fourth-order valence-corrected chi connectivity index (χ4v) is 1.76. The highest BCUT2D eigenvalue weighted by atomic mass is 16.5. The smallest absolute Gasteiger partial charge is 0.222 e. The van der Waals surface area contributed by atoms with E-state index in [1.165, 1.54) is 0 Å². The van der Waals surface area contributed by atoms with Crippen LogP contribution >= 0.6 is 0 Å². The first-order valence-electron chi connectivity index (χ1n) is 6.72. The van der Waals surface area contributed by atoms with Gasteiger partial charge in [-0.2, -0.15) is 0 Å². The molecular weight excluding hydrogens is 242 g/mol. The van der Waals surface area contributed by atoms with Crippen molar-refractivity contribution in [2.75, 3.05) is 13.2 Å². The number of rotatable bonds is 8. The van der Waals surface area contributed by atoms with E-state index in [2.05, 4.69) is 5.32 Å². The van der Waals surface area contributed by atoms with Gasteiger partial charge in [-0.05, 0) is 19.4 Å². The minimum atomic E-state index is -0.585. The van der Waals surface area contributed by atoms with Gasteiger partial charge in [0.05, 0.1) is 18.8 Å². The monoisotopic (exact) mass is 265 g/mol. The van der Waals surface area contributed by atoms with E-state index in [1.54, 1.807) is 0 Å². The zero-order valence-electron chi connectivity index (χ0n) is 11.6. The van der Waals surface area contributed by atoms with Crippen molar-refractivity contribution in [1.29, 1.82) is 0 Å². The Balaban J connectivity index is 2.32. The number of amides is 1. The molecule has 0 heterocycles. The first kappa shape index (κ1) is 15.7. The van der Waals surface area contributed by atoms with Crippen LogP contribution in [-0.4, -0.2) is 36.4 Å². The second-order valence-electron chi connectivity index (χ2n) is 4.56. The maximum Gasteiger partial charge on any atom is 0.222 e. The van der Waals surface area contributed by atoms with Crippen molar-refractivity contribution in [2.24, 2.45) is 0 Å². The van der Waals surface area contributed by atoms with Crippen LogP contribution in [0.1, 0.15) is 25.8 Å². The van der Waals surface area contributed by atoms with Gasteiger partial charge in [0.2, 0.25) is 5.91 Å². The van der Waals surface area contributed by atoms with Crippen molar-refractivity contribution in [3.05, 3.63) is 35.9 Å². The van der Waals surface area contributed by atoms with Gasteiger partial charge in [0.15, 0.2) is 0 Å². The van der Waals surface area contributed by atoms with E-state index in [1.807, 2.05) is 44.2 Å². The van der Waals surface area contributed by atoms with Gasteiger partial charge in [0.1, 0.15) is 0 Å². The molecule has 19 heavy (non-hydrogen) atoms. The van der Waals surface area contributed by atoms with Crippen LogP contribution in [-0.2, 0) is 16.0 Å². The lowest BCUT2D eigenvalue weighted by atomic mass is 10.0. The molecule has 0 spiro atoms. The number of aliphatic hydroxyl groups excluding tert-OH is 1. The van der Waals surface area contributed by atoms with Crippen LogP contribution in [0.15, 0.2) is 30.3 Å². The van der Waals surface area contributed by atoms with Gasteiger partial charge in [0.25, 0.3) is 0 Å². The van der Waals surface area contributed by atoms with E-state index in [-0.39, 0.29) is 11.9 Å². The molecule has 1 aromatic carbocycles. The quantitative estimate of drug-likeness (QED) is 0.701. The molecule has 1 aromatic rings. The Labute approximate surface area is 114 Å². The van der Waals surface area contributed by atoms with Crippen molar-refractivity contribution in [2.45, 2.75) is 38.8 Å². The molecule has 0 aliphatic heterocycles. The van der Waals surface area contributed by atoms with Crippen LogP contribution in [0.3, 0.4) is 0 Å². The third-order valence-corrected chi connectivity index (χ3v) is 2.93. The molecule has 0 aliphatic carbocycles. The number of aliphatic hydroxyl groups is 1. The van der Waals surface area contributed by atoms with E-state index >= 15 is 0 Å². The molecule has 0 fully saturated rings. The second kappa shape index (κ2) is 8.67. The van der Waals surface area contributed by atoms with Crippen molar-refractivity contribution < 1.29 is 14.6 Å². The molecule has 1 rings (SSSR count). The Kier molecular flexibility index (Phi) is 7.15. The minimum Gasteiger partial charge on any atom is -0.391 e. The molecule has 0 aromatic heterocycles. The van der Waals surface area contributed by atoms with Gasteiger partial charge in [-0.3, -0.25) is 4.79 Å². The molecule has 0 radical (unpaired) electrons. The molecule has 4 nitrogen and oxygen atoms in total. The fraction of sp³-hybridized carbons (Fsp3) is 0.533. The lowest BCUT2D eigenvalue weighted by molar-refractivity contribution is -0.123. The van der Waals surface area contributed by atoms with E-state index in [0.717, 1.165) is 5.56 Å². The van der Waals surface area contributed by atoms with Crippen LogP contribution in [0.25, 0.3) is 0 Å². The molecular formula is C15H23NO3. The van der Waals surface area contributed by atoms with Crippen molar-refractivity contribution in [3.8, 4) is 0 Å². The van der Waals surface area contributed by atoms with Gasteiger partial charge in [-0.1, -0.05) is 30.3 Å². The van der Waals surface area contributed by atoms with Crippen molar-refractivity contribution >= 4 is 5.91 Å². The summed E-state index contributed by atoms with van der Waals surface area (Å²) in [6.45, 7) is 4.74. The lowest BCUT2D eigenvalue weighted by Crippen LogP contribution is -2.42. The number of hydrogen-bond acceptors (Lipinski definition) is 3. The first-order valence-corrected chi connectivity index (χ1v) is 6.72.